The molecule has 0 amide bonds. The van der Waals surface area contributed by atoms with Gasteiger partial charge in [-0.3, -0.25) is 14.3 Å². The number of ether oxygens (including phenoxy) is 4. The molecule has 0 saturated heterocycles. The second-order valence-corrected chi connectivity index (χ2v) is 9.96. The molecule has 0 bridgehead atoms. The molecule has 14 heteroatoms. The Balaban J connectivity index is 1.80. The molecule has 0 spiro atoms. The highest BCUT2D eigenvalue weighted by molar-refractivity contribution is 7.93. The standard InChI is InChI=1S/C24H27N7O6S/c1-15(21(37-5)22-26-13-17(34-2)14-27-22)38(32,33)30-24-29-28-23(16-8-7-11-25-12-16)31(24)20-18(35-3)9-6-10-19(20)36-4/h6-15,21H,1-5H3,(H,29,30)/t15-,21-/m0/s1. The summed E-state index contributed by atoms with van der Waals surface area (Å²) in [6.07, 6.45) is 5.09. The van der Waals surface area contributed by atoms with E-state index < -0.39 is 21.4 Å². The average molecular weight is 542 g/mol. The third-order valence-corrected chi connectivity index (χ3v) is 7.44. The Bertz CT molecular complexity index is 1460. The molecule has 13 nitrogen and oxygen atoms in total. The van der Waals surface area contributed by atoms with Crippen LogP contribution in [0.1, 0.15) is 18.9 Å². The molecule has 0 fully saturated rings. The van der Waals surface area contributed by atoms with Crippen LogP contribution < -0.4 is 18.9 Å². The predicted octanol–water partition coefficient (Wildman–Crippen LogP) is 2.66. The van der Waals surface area contributed by atoms with Gasteiger partial charge in [-0.25, -0.2) is 18.4 Å². The molecule has 38 heavy (non-hydrogen) atoms. The SMILES string of the molecule is COc1cnc([C@@H](OC)[C@H](C)S(=O)(=O)Nc2nnc(-c3cccnc3)n2-c2c(OC)cccc2OC)nc1. The molecule has 0 unspecified atom stereocenters. The fourth-order valence-corrected chi connectivity index (χ4v) is 4.90. The number of hydrogen-bond donors (Lipinski definition) is 1. The first-order valence-electron chi connectivity index (χ1n) is 11.3. The highest BCUT2D eigenvalue weighted by Gasteiger charge is 2.35. The number of sulfonamides is 1. The lowest BCUT2D eigenvalue weighted by atomic mass is 10.2. The van der Waals surface area contributed by atoms with E-state index in [0.717, 1.165) is 0 Å². The minimum absolute atomic E-state index is 0.0935. The third kappa shape index (κ3) is 5.21. The molecule has 1 N–H and O–H groups in total. The normalized spacial score (nSPS) is 13.0. The molecule has 0 aliphatic rings. The molecule has 2 atom stereocenters. The smallest absolute Gasteiger partial charge is 0.243 e. The van der Waals surface area contributed by atoms with Crippen LogP contribution in [0.2, 0.25) is 0 Å². The van der Waals surface area contributed by atoms with E-state index in [1.54, 1.807) is 42.7 Å². The summed E-state index contributed by atoms with van der Waals surface area (Å²) in [4.78, 5) is 12.5. The summed E-state index contributed by atoms with van der Waals surface area (Å²) >= 11 is 0. The lowest BCUT2D eigenvalue weighted by molar-refractivity contribution is 0.0948. The van der Waals surface area contributed by atoms with Gasteiger partial charge in [-0.15, -0.1) is 10.2 Å². The van der Waals surface area contributed by atoms with E-state index in [1.165, 1.54) is 52.3 Å². The van der Waals surface area contributed by atoms with Crippen LogP contribution in [0.5, 0.6) is 17.2 Å². The first-order valence-corrected chi connectivity index (χ1v) is 12.9. The highest BCUT2D eigenvalue weighted by atomic mass is 32.2. The Labute approximate surface area is 219 Å². The van der Waals surface area contributed by atoms with Crippen molar-refractivity contribution in [1.82, 2.24) is 29.7 Å². The lowest BCUT2D eigenvalue weighted by Gasteiger charge is -2.23. The van der Waals surface area contributed by atoms with Crippen molar-refractivity contribution in [2.24, 2.45) is 0 Å². The highest BCUT2D eigenvalue weighted by Crippen LogP contribution is 2.38. The van der Waals surface area contributed by atoms with E-state index in [1.807, 2.05) is 0 Å². The van der Waals surface area contributed by atoms with E-state index in [0.29, 0.717) is 34.3 Å². The molecule has 0 aliphatic carbocycles. The van der Waals surface area contributed by atoms with E-state index in [4.69, 9.17) is 18.9 Å². The number of benzene rings is 1. The quantitative estimate of drug-likeness (QED) is 0.298. The van der Waals surface area contributed by atoms with Gasteiger partial charge < -0.3 is 18.9 Å². The summed E-state index contributed by atoms with van der Waals surface area (Å²) in [5.74, 6) is 1.64. The van der Waals surface area contributed by atoms with Gasteiger partial charge in [0.15, 0.2) is 17.4 Å². The number of rotatable bonds is 11. The molecule has 0 radical (unpaired) electrons. The zero-order valence-electron chi connectivity index (χ0n) is 21.4. The van der Waals surface area contributed by atoms with Gasteiger partial charge in [0.05, 0.1) is 33.7 Å². The van der Waals surface area contributed by atoms with Crippen molar-refractivity contribution in [3.63, 3.8) is 0 Å². The fourth-order valence-electron chi connectivity index (χ4n) is 3.76. The Kier molecular flexibility index (Phi) is 8.02. The Hall–Kier alpha value is -4.30. The summed E-state index contributed by atoms with van der Waals surface area (Å²) in [5, 5.41) is 7.30. The number of methoxy groups -OCH3 is 4. The van der Waals surface area contributed by atoms with Crippen LogP contribution in [0.15, 0.2) is 55.1 Å². The number of para-hydroxylation sites is 1. The number of aromatic nitrogens is 6. The van der Waals surface area contributed by atoms with E-state index in [9.17, 15) is 8.42 Å². The van der Waals surface area contributed by atoms with E-state index in [-0.39, 0.29) is 11.8 Å². The van der Waals surface area contributed by atoms with E-state index in [2.05, 4.69) is 29.9 Å². The average Bonchev–Trinajstić information content (AvgIpc) is 3.35. The molecule has 0 saturated carbocycles. The van der Waals surface area contributed by atoms with Crippen LogP contribution in [0.25, 0.3) is 17.1 Å². The minimum atomic E-state index is -4.13. The largest absolute Gasteiger partial charge is 0.494 e. The van der Waals surface area contributed by atoms with Crippen LogP contribution in [0, 0.1) is 0 Å². The van der Waals surface area contributed by atoms with Gasteiger partial charge in [0.1, 0.15) is 28.5 Å². The summed E-state index contributed by atoms with van der Waals surface area (Å²) in [6, 6.07) is 8.69. The van der Waals surface area contributed by atoms with E-state index >= 15 is 0 Å². The molecular weight excluding hydrogens is 514 g/mol. The Morgan fingerprint density at radius 3 is 2.13 bits per heavy atom. The van der Waals surface area contributed by atoms with Crippen molar-refractivity contribution in [2.45, 2.75) is 18.3 Å². The van der Waals surface area contributed by atoms with Gasteiger partial charge >= 0.3 is 0 Å². The van der Waals surface area contributed by atoms with Crippen LogP contribution in [-0.4, -0.2) is 71.8 Å². The summed E-state index contributed by atoms with van der Waals surface area (Å²) in [5.41, 5.74) is 0.987. The molecule has 3 heterocycles. The zero-order valence-corrected chi connectivity index (χ0v) is 22.2. The first-order chi connectivity index (χ1) is 18.3. The van der Waals surface area contributed by atoms with Crippen molar-refractivity contribution >= 4 is 16.0 Å². The maximum Gasteiger partial charge on any atom is 0.243 e. The van der Waals surface area contributed by atoms with Crippen molar-refractivity contribution in [3.8, 4) is 34.3 Å². The van der Waals surface area contributed by atoms with Gasteiger partial charge in [-0.1, -0.05) is 6.07 Å². The molecule has 4 rings (SSSR count). The number of pyridine rings is 1. The molecular formula is C24H27N7O6S. The Morgan fingerprint density at radius 1 is 0.895 bits per heavy atom. The van der Waals surface area contributed by atoms with Gasteiger partial charge in [-0.05, 0) is 31.2 Å². The topological polar surface area (TPSA) is 152 Å². The van der Waals surface area contributed by atoms with Crippen molar-refractivity contribution in [1.29, 1.82) is 0 Å². The number of hydrogen-bond acceptors (Lipinski definition) is 11. The Morgan fingerprint density at radius 2 is 1.58 bits per heavy atom. The summed E-state index contributed by atoms with van der Waals surface area (Å²) < 4.78 is 53.0. The maximum atomic E-state index is 13.6. The second-order valence-electron chi connectivity index (χ2n) is 7.93. The van der Waals surface area contributed by atoms with Gasteiger partial charge in [0.25, 0.3) is 0 Å². The number of nitrogens with zero attached hydrogens (tertiary/aromatic N) is 6. The summed E-state index contributed by atoms with van der Waals surface area (Å²) in [7, 11) is 1.72. The van der Waals surface area contributed by atoms with Crippen molar-refractivity contribution < 1.29 is 27.4 Å². The molecule has 1 aromatic carbocycles. The molecule has 200 valence electrons. The second kappa shape index (κ2) is 11.4. The zero-order chi connectivity index (χ0) is 27.3. The van der Waals surface area contributed by atoms with Gasteiger partial charge in [0, 0.05) is 25.1 Å². The summed E-state index contributed by atoms with van der Waals surface area (Å²) in [6.45, 7) is 1.48. The number of anilines is 1. The lowest BCUT2D eigenvalue weighted by Crippen LogP contribution is -2.33. The van der Waals surface area contributed by atoms with Gasteiger partial charge in [0.2, 0.25) is 16.0 Å². The monoisotopic (exact) mass is 541 g/mol. The first kappa shape index (κ1) is 26.8. The van der Waals surface area contributed by atoms with Crippen LogP contribution in [0.4, 0.5) is 5.95 Å². The van der Waals surface area contributed by atoms with Crippen LogP contribution in [0.3, 0.4) is 0 Å². The predicted molar refractivity (Wildman–Crippen MR) is 138 cm³/mol. The van der Waals surface area contributed by atoms with Crippen molar-refractivity contribution in [3.05, 3.63) is 60.9 Å². The van der Waals surface area contributed by atoms with Gasteiger partial charge in [-0.2, -0.15) is 0 Å². The van der Waals surface area contributed by atoms with Crippen LogP contribution >= 0.6 is 0 Å². The molecule has 0 aliphatic heterocycles. The molecule has 3 aromatic heterocycles. The minimum Gasteiger partial charge on any atom is -0.494 e. The fraction of sp³-hybridized carbons (Fsp3) is 0.292. The maximum absolute atomic E-state index is 13.6. The molecule has 4 aromatic rings. The third-order valence-electron chi connectivity index (χ3n) is 5.75. The number of nitrogens with one attached hydrogen (secondary N) is 1. The van der Waals surface area contributed by atoms with Crippen LogP contribution in [-0.2, 0) is 14.8 Å². The van der Waals surface area contributed by atoms with Crippen molar-refractivity contribution in [2.75, 3.05) is 33.2 Å².